The van der Waals surface area contributed by atoms with Gasteiger partial charge in [-0.25, -0.2) is 9.78 Å². The van der Waals surface area contributed by atoms with E-state index in [-0.39, 0.29) is 12.8 Å². The van der Waals surface area contributed by atoms with Crippen LogP contribution in [0, 0.1) is 0 Å². The van der Waals surface area contributed by atoms with Gasteiger partial charge in [-0.05, 0) is 24.2 Å². The Morgan fingerprint density at radius 1 is 1.17 bits per heavy atom. The fourth-order valence-corrected chi connectivity index (χ4v) is 2.07. The van der Waals surface area contributed by atoms with Gasteiger partial charge in [0, 0.05) is 25.7 Å². The van der Waals surface area contributed by atoms with Crippen LogP contribution >= 0.6 is 0 Å². The lowest BCUT2D eigenvalue weighted by atomic mass is 10.1. The highest BCUT2D eigenvalue weighted by Gasteiger charge is 2.13. The van der Waals surface area contributed by atoms with Gasteiger partial charge in [0.1, 0.15) is 0 Å². The van der Waals surface area contributed by atoms with Crippen molar-refractivity contribution in [2.45, 2.75) is 13.0 Å². The Balaban J connectivity index is 2.20. The molecule has 8 heteroatoms. The van der Waals surface area contributed by atoms with Gasteiger partial charge in [-0.2, -0.15) is 10.4 Å². The van der Waals surface area contributed by atoms with Crippen LogP contribution in [0.4, 0.5) is 0 Å². The predicted molar refractivity (Wildman–Crippen MR) is 84.6 cm³/mol. The summed E-state index contributed by atoms with van der Waals surface area (Å²) in [5, 5.41) is 7.73. The van der Waals surface area contributed by atoms with Gasteiger partial charge < -0.3 is 10.2 Å². The Morgan fingerprint density at radius 3 is 2.61 bits per heavy atom. The number of likely N-dealkylation sites (N-methyl/N-ethyl adjacent to an activating group) is 2. The van der Waals surface area contributed by atoms with Crippen LogP contribution in [-0.2, 0) is 24.7 Å². The average molecular weight is 329 g/mol. The van der Waals surface area contributed by atoms with E-state index in [1.54, 1.807) is 0 Å². The first-order valence-electron chi connectivity index (χ1n) is 7.60. The third-order valence-electron chi connectivity index (χ3n) is 3.32. The van der Waals surface area contributed by atoms with Crippen molar-refractivity contribution in [3.05, 3.63) is 35.9 Å². The molecule has 0 saturated heterocycles. The summed E-state index contributed by atoms with van der Waals surface area (Å²) in [6.07, 6.45) is 0. The van der Waals surface area contributed by atoms with Crippen molar-refractivity contribution in [1.82, 2.24) is 15.7 Å². The maximum Gasteiger partial charge on any atom is 0.217 e. The minimum Gasteiger partial charge on any atom is -0.312 e. The molecule has 0 saturated carbocycles. The van der Waals surface area contributed by atoms with Crippen LogP contribution in [-0.4, -0.2) is 52.0 Å². The second-order valence-corrected chi connectivity index (χ2v) is 4.71. The van der Waals surface area contributed by atoms with Crippen molar-refractivity contribution in [2.24, 2.45) is 0 Å². The van der Waals surface area contributed by atoms with Gasteiger partial charge in [-0.15, -0.1) is 4.99 Å². The van der Waals surface area contributed by atoms with E-state index in [2.05, 4.69) is 71.6 Å². The summed E-state index contributed by atoms with van der Waals surface area (Å²) in [6, 6.07) is 10.7. The molecular formula is C15H27N3O5. The van der Waals surface area contributed by atoms with Crippen LogP contribution in [0.1, 0.15) is 18.5 Å². The fourth-order valence-electron chi connectivity index (χ4n) is 2.07. The van der Waals surface area contributed by atoms with E-state index in [4.69, 9.17) is 0 Å². The Hall–Kier alpha value is -1.10. The first kappa shape index (κ1) is 19.9. The van der Waals surface area contributed by atoms with Crippen LogP contribution in [0.15, 0.2) is 30.3 Å². The van der Waals surface area contributed by atoms with Crippen molar-refractivity contribution >= 4 is 0 Å². The molecule has 0 heterocycles. The van der Waals surface area contributed by atoms with Gasteiger partial charge in [0.25, 0.3) is 0 Å². The van der Waals surface area contributed by atoms with E-state index in [1.807, 2.05) is 13.1 Å². The molecule has 0 amide bonds. The van der Waals surface area contributed by atoms with Gasteiger partial charge in [0.15, 0.2) is 0 Å². The number of rotatable bonds is 14. The van der Waals surface area contributed by atoms with Gasteiger partial charge in [0.2, 0.25) is 6.79 Å². The number of hydrogen-bond acceptors (Lipinski definition) is 8. The van der Waals surface area contributed by atoms with E-state index in [0.717, 1.165) is 19.6 Å². The summed E-state index contributed by atoms with van der Waals surface area (Å²) in [6.45, 7) is 5.18. The summed E-state index contributed by atoms with van der Waals surface area (Å²) in [5.41, 5.74) is 3.92. The van der Waals surface area contributed by atoms with Gasteiger partial charge in [-0.3, -0.25) is 0 Å². The Bertz CT molecular complexity index is 383. The van der Waals surface area contributed by atoms with Crippen molar-refractivity contribution < 1.29 is 24.7 Å². The van der Waals surface area contributed by atoms with Crippen LogP contribution in [0.3, 0.4) is 0 Å². The number of nitrogens with zero attached hydrogens (tertiary/aromatic N) is 1. The van der Waals surface area contributed by atoms with E-state index < -0.39 is 0 Å². The number of nitrogens with one attached hydrogen (secondary N) is 2. The van der Waals surface area contributed by atoms with Crippen molar-refractivity contribution in [2.75, 3.05) is 47.1 Å². The molecule has 0 spiro atoms. The Morgan fingerprint density at radius 2 is 1.96 bits per heavy atom. The molecule has 0 aromatic heterocycles. The normalized spacial score (nSPS) is 12.7. The lowest BCUT2D eigenvalue weighted by molar-refractivity contribution is -0.562. The molecule has 1 rings (SSSR count). The predicted octanol–water partition coefficient (Wildman–Crippen LogP) is 1.19. The standard InChI is InChI=1S/C15H27N3O5/c1-4-18(11-10-17-22-23-21-13-20-19-3)12-15(16-2)14-8-6-5-7-9-14/h5-9,15-17H,4,10-13H2,1-3H3. The van der Waals surface area contributed by atoms with E-state index >= 15 is 0 Å². The molecule has 1 aromatic carbocycles. The quantitative estimate of drug-likeness (QED) is 0.228. The topological polar surface area (TPSA) is 73.5 Å². The third kappa shape index (κ3) is 8.94. The molecule has 0 aliphatic carbocycles. The van der Waals surface area contributed by atoms with Crippen molar-refractivity contribution in [3.63, 3.8) is 0 Å². The molecule has 132 valence electrons. The molecule has 23 heavy (non-hydrogen) atoms. The molecule has 2 N–H and O–H groups in total. The van der Waals surface area contributed by atoms with Crippen LogP contribution in [0.25, 0.3) is 0 Å². The highest BCUT2D eigenvalue weighted by Crippen LogP contribution is 2.13. The summed E-state index contributed by atoms with van der Waals surface area (Å²) in [7, 11) is 3.34. The molecule has 8 nitrogen and oxygen atoms in total. The van der Waals surface area contributed by atoms with E-state index in [1.165, 1.54) is 12.7 Å². The minimum atomic E-state index is -0.180. The third-order valence-corrected chi connectivity index (χ3v) is 3.32. The molecule has 1 unspecified atom stereocenters. The van der Waals surface area contributed by atoms with E-state index in [9.17, 15) is 0 Å². The average Bonchev–Trinajstić information content (AvgIpc) is 2.60. The zero-order valence-corrected chi connectivity index (χ0v) is 14.0. The molecular weight excluding hydrogens is 302 g/mol. The minimum absolute atomic E-state index is 0.180. The fraction of sp³-hybridized carbons (Fsp3) is 0.600. The van der Waals surface area contributed by atoms with E-state index in [0.29, 0.717) is 6.54 Å². The lowest BCUT2D eigenvalue weighted by Gasteiger charge is -2.26. The molecule has 0 aliphatic rings. The molecule has 1 atom stereocenters. The maximum atomic E-state index is 4.64. The second kappa shape index (κ2) is 13.3. The highest BCUT2D eigenvalue weighted by molar-refractivity contribution is 5.19. The van der Waals surface area contributed by atoms with Crippen LogP contribution < -0.4 is 10.8 Å². The van der Waals surface area contributed by atoms with Crippen molar-refractivity contribution in [1.29, 1.82) is 0 Å². The van der Waals surface area contributed by atoms with Gasteiger partial charge in [0.05, 0.1) is 7.11 Å². The molecule has 0 fully saturated rings. The Labute approximate surface area is 137 Å². The van der Waals surface area contributed by atoms with Crippen LogP contribution in [0.2, 0.25) is 0 Å². The maximum absolute atomic E-state index is 4.64. The first-order valence-corrected chi connectivity index (χ1v) is 7.60. The molecule has 0 bridgehead atoms. The molecule has 0 radical (unpaired) electrons. The zero-order chi connectivity index (χ0) is 16.8. The van der Waals surface area contributed by atoms with Crippen LogP contribution in [0.5, 0.6) is 0 Å². The first-order chi connectivity index (χ1) is 11.3. The lowest BCUT2D eigenvalue weighted by Crippen LogP contribution is -2.38. The summed E-state index contributed by atoms with van der Waals surface area (Å²) in [5.74, 6) is 0. The molecule has 1 aromatic rings. The highest BCUT2D eigenvalue weighted by atomic mass is 17.6. The summed E-state index contributed by atoms with van der Waals surface area (Å²) < 4.78 is 0. The number of benzene rings is 1. The second-order valence-electron chi connectivity index (χ2n) is 4.71. The van der Waals surface area contributed by atoms with Gasteiger partial charge in [-0.1, -0.05) is 37.3 Å². The molecule has 0 aliphatic heterocycles. The largest absolute Gasteiger partial charge is 0.312 e. The smallest absolute Gasteiger partial charge is 0.217 e. The summed E-state index contributed by atoms with van der Waals surface area (Å²) >= 11 is 0. The zero-order valence-electron chi connectivity index (χ0n) is 14.0. The van der Waals surface area contributed by atoms with Gasteiger partial charge >= 0.3 is 0 Å². The van der Waals surface area contributed by atoms with Crippen molar-refractivity contribution in [3.8, 4) is 0 Å². The monoisotopic (exact) mass is 329 g/mol. The SMILES string of the molecule is CCN(CCNOOOCOOC)CC(NC)c1ccccc1. The number of hydrogen-bond donors (Lipinski definition) is 2. The Kier molecular flexibility index (Phi) is 11.6. The summed E-state index contributed by atoms with van der Waals surface area (Å²) in [4.78, 5) is 20.2. The number of hydroxylamine groups is 1.